The van der Waals surface area contributed by atoms with Crippen molar-refractivity contribution < 1.29 is 13.2 Å². The van der Waals surface area contributed by atoms with Crippen molar-refractivity contribution in [2.24, 2.45) is 5.11 Å². The molecule has 0 aromatic carbocycles. The van der Waals surface area contributed by atoms with Crippen molar-refractivity contribution in [2.45, 2.75) is 13.1 Å². The van der Waals surface area contributed by atoms with Crippen LogP contribution in [0, 0.1) is 5.53 Å². The largest absolute Gasteiger partial charge is 0.434 e. The van der Waals surface area contributed by atoms with E-state index >= 15 is 0 Å². The van der Waals surface area contributed by atoms with E-state index in [1.165, 1.54) is 6.92 Å². The zero-order chi connectivity index (χ0) is 7.49. The lowest BCUT2D eigenvalue weighted by Crippen LogP contribution is -2.08. The van der Waals surface area contributed by atoms with Gasteiger partial charge in [0.05, 0.1) is 0 Å². The smallest absolute Gasteiger partial charge is 0.204 e. The second-order valence-corrected chi connectivity index (χ2v) is 1.28. The quantitative estimate of drug-likeness (QED) is 0.540. The van der Waals surface area contributed by atoms with Crippen LogP contribution in [0.2, 0.25) is 0 Å². The van der Waals surface area contributed by atoms with Gasteiger partial charge in [0.2, 0.25) is 0 Å². The molecule has 52 valence electrons. The molecule has 0 aromatic rings. The SMILES string of the molecule is C/C=C(\N=N)C(F)(F)F. The second-order valence-electron chi connectivity index (χ2n) is 1.28. The fourth-order valence-electron chi connectivity index (χ4n) is 0.292. The van der Waals surface area contributed by atoms with Gasteiger partial charge >= 0.3 is 6.18 Å². The molecule has 0 radical (unpaired) electrons. The number of rotatable bonds is 1. The minimum Gasteiger partial charge on any atom is -0.204 e. The molecule has 0 aliphatic heterocycles. The Bertz CT molecular complexity index is 135. The maximum atomic E-state index is 11.4. The van der Waals surface area contributed by atoms with Crippen LogP contribution in [0.25, 0.3) is 0 Å². The van der Waals surface area contributed by atoms with Crippen LogP contribution < -0.4 is 0 Å². The molecule has 0 fully saturated rings. The summed E-state index contributed by atoms with van der Waals surface area (Å²) in [4.78, 5) is 0. The van der Waals surface area contributed by atoms with Crippen molar-refractivity contribution in [3.8, 4) is 0 Å². The van der Waals surface area contributed by atoms with E-state index in [1.54, 1.807) is 0 Å². The van der Waals surface area contributed by atoms with Crippen LogP contribution in [0.4, 0.5) is 13.2 Å². The standard InChI is InChI=1S/C4H5F3N2/c1-2-3(9-8)4(5,6)7/h2,8H,1H3/b3-2-,9-8?. The third-order valence-electron chi connectivity index (χ3n) is 0.684. The Morgan fingerprint density at radius 2 is 2.00 bits per heavy atom. The molecule has 1 N–H and O–H groups in total. The van der Waals surface area contributed by atoms with Crippen LogP contribution in [0.1, 0.15) is 6.92 Å². The van der Waals surface area contributed by atoms with Gasteiger partial charge in [-0.25, -0.2) is 5.53 Å². The predicted molar refractivity (Wildman–Crippen MR) is 25.0 cm³/mol. The van der Waals surface area contributed by atoms with E-state index < -0.39 is 11.9 Å². The van der Waals surface area contributed by atoms with Crippen molar-refractivity contribution in [2.75, 3.05) is 0 Å². The van der Waals surface area contributed by atoms with Crippen molar-refractivity contribution in [1.29, 1.82) is 5.53 Å². The number of allylic oxidation sites excluding steroid dienone is 2. The van der Waals surface area contributed by atoms with Crippen molar-refractivity contribution in [3.05, 3.63) is 11.8 Å². The Morgan fingerprint density at radius 3 is 2.00 bits per heavy atom. The summed E-state index contributed by atoms with van der Waals surface area (Å²) in [5.74, 6) is 0. The summed E-state index contributed by atoms with van der Waals surface area (Å²) in [6, 6.07) is 0. The first-order valence-corrected chi connectivity index (χ1v) is 2.13. The van der Waals surface area contributed by atoms with Gasteiger partial charge in [0.25, 0.3) is 0 Å². The summed E-state index contributed by atoms with van der Waals surface area (Å²) in [5, 5.41) is 2.26. The van der Waals surface area contributed by atoms with Crippen LogP contribution in [0.5, 0.6) is 0 Å². The molecule has 0 spiro atoms. The molecule has 0 aromatic heterocycles. The van der Waals surface area contributed by atoms with E-state index in [2.05, 4.69) is 5.11 Å². The molecular weight excluding hydrogens is 133 g/mol. The number of nitrogens with one attached hydrogen (secondary N) is 1. The van der Waals surface area contributed by atoms with Crippen LogP contribution >= 0.6 is 0 Å². The Labute approximate surface area is 49.9 Å². The van der Waals surface area contributed by atoms with Gasteiger partial charge in [-0.2, -0.15) is 18.3 Å². The number of hydrogen-bond donors (Lipinski definition) is 1. The minimum absolute atomic E-state index is 0.743. The van der Waals surface area contributed by atoms with Crippen LogP contribution in [-0.4, -0.2) is 6.18 Å². The molecule has 0 amide bonds. The highest BCUT2D eigenvalue weighted by atomic mass is 19.4. The number of halogens is 3. The zero-order valence-electron chi connectivity index (χ0n) is 4.66. The molecule has 5 heteroatoms. The van der Waals surface area contributed by atoms with Crippen LogP contribution in [0.15, 0.2) is 16.9 Å². The van der Waals surface area contributed by atoms with Crippen molar-refractivity contribution in [1.82, 2.24) is 0 Å². The highest BCUT2D eigenvalue weighted by molar-refractivity contribution is 5.03. The Balaban J connectivity index is 4.32. The van der Waals surface area contributed by atoms with Gasteiger partial charge in [-0.1, -0.05) is 6.08 Å². The Hall–Kier alpha value is -0.870. The first-order valence-electron chi connectivity index (χ1n) is 2.13. The monoisotopic (exact) mass is 138 g/mol. The molecule has 0 unspecified atom stereocenters. The van der Waals surface area contributed by atoms with Gasteiger partial charge < -0.3 is 0 Å². The summed E-state index contributed by atoms with van der Waals surface area (Å²) in [6.07, 6.45) is -3.73. The first kappa shape index (κ1) is 8.13. The lowest BCUT2D eigenvalue weighted by Gasteiger charge is -2.01. The molecule has 0 aliphatic carbocycles. The molecule has 0 atom stereocenters. The van der Waals surface area contributed by atoms with Gasteiger partial charge in [0.1, 0.15) is 0 Å². The van der Waals surface area contributed by atoms with Crippen LogP contribution in [0.3, 0.4) is 0 Å². The normalized spacial score (nSPS) is 13.6. The summed E-state index contributed by atoms with van der Waals surface area (Å²) < 4.78 is 34.3. The van der Waals surface area contributed by atoms with E-state index in [0.29, 0.717) is 0 Å². The van der Waals surface area contributed by atoms with Gasteiger partial charge in [-0.15, -0.1) is 0 Å². The fourth-order valence-corrected chi connectivity index (χ4v) is 0.292. The van der Waals surface area contributed by atoms with E-state index in [-0.39, 0.29) is 0 Å². The summed E-state index contributed by atoms with van der Waals surface area (Å²) in [6.45, 7) is 1.18. The average molecular weight is 138 g/mol. The maximum absolute atomic E-state index is 11.4. The third-order valence-corrected chi connectivity index (χ3v) is 0.684. The molecule has 0 aliphatic rings. The number of hydrogen-bond acceptors (Lipinski definition) is 2. The lowest BCUT2D eigenvalue weighted by atomic mass is 10.4. The number of nitrogens with zero attached hydrogens (tertiary/aromatic N) is 1. The predicted octanol–water partition coefficient (Wildman–Crippen LogP) is 2.48. The first-order chi connectivity index (χ1) is 4.02. The van der Waals surface area contributed by atoms with E-state index in [0.717, 1.165) is 6.08 Å². The van der Waals surface area contributed by atoms with E-state index in [1.807, 2.05) is 0 Å². The topological polar surface area (TPSA) is 36.2 Å². The second kappa shape index (κ2) is 2.61. The van der Waals surface area contributed by atoms with E-state index in [4.69, 9.17) is 5.53 Å². The van der Waals surface area contributed by atoms with Gasteiger partial charge in [-0.3, -0.25) is 0 Å². The number of alkyl halides is 3. The Kier molecular flexibility index (Phi) is 2.36. The molecular formula is C4H5F3N2. The zero-order valence-corrected chi connectivity index (χ0v) is 4.66. The summed E-state index contributed by atoms with van der Waals surface area (Å²) in [7, 11) is 0. The molecule has 0 saturated heterocycles. The highest BCUT2D eigenvalue weighted by Crippen LogP contribution is 2.25. The van der Waals surface area contributed by atoms with Crippen molar-refractivity contribution in [3.63, 3.8) is 0 Å². The fraction of sp³-hybridized carbons (Fsp3) is 0.500. The molecule has 0 rings (SSSR count). The maximum Gasteiger partial charge on any atom is 0.434 e. The summed E-state index contributed by atoms with van der Waals surface area (Å²) in [5.41, 5.74) is 4.89. The third kappa shape index (κ3) is 2.25. The Morgan fingerprint density at radius 1 is 1.56 bits per heavy atom. The minimum atomic E-state index is -4.48. The molecule has 0 saturated carbocycles. The van der Waals surface area contributed by atoms with E-state index in [9.17, 15) is 13.2 Å². The lowest BCUT2D eigenvalue weighted by molar-refractivity contribution is -0.0933. The molecule has 0 bridgehead atoms. The van der Waals surface area contributed by atoms with Gasteiger partial charge in [0, 0.05) is 0 Å². The van der Waals surface area contributed by atoms with Gasteiger partial charge in [0.15, 0.2) is 5.70 Å². The van der Waals surface area contributed by atoms with Gasteiger partial charge in [-0.05, 0) is 6.92 Å². The molecule has 2 nitrogen and oxygen atoms in total. The summed E-state index contributed by atoms with van der Waals surface area (Å²) >= 11 is 0. The van der Waals surface area contributed by atoms with Crippen LogP contribution in [-0.2, 0) is 0 Å². The molecule has 9 heavy (non-hydrogen) atoms. The molecule has 0 heterocycles. The average Bonchev–Trinajstić information content (AvgIpc) is 1.65. The highest BCUT2D eigenvalue weighted by Gasteiger charge is 2.33. The van der Waals surface area contributed by atoms with Crippen molar-refractivity contribution >= 4 is 0 Å².